The van der Waals surface area contributed by atoms with E-state index in [1.807, 2.05) is 44.2 Å². The number of piperidine rings is 2. The van der Waals surface area contributed by atoms with Gasteiger partial charge in [0.05, 0.1) is 47.8 Å². The minimum atomic E-state index is -1.08. The van der Waals surface area contributed by atoms with Crippen LogP contribution in [0.4, 0.5) is 23.3 Å². The van der Waals surface area contributed by atoms with Crippen LogP contribution in [0, 0.1) is 0 Å². The Morgan fingerprint density at radius 1 is 1.00 bits per heavy atom. The maximum atomic E-state index is 13.3. The van der Waals surface area contributed by atoms with Crippen molar-refractivity contribution in [3.63, 3.8) is 0 Å². The first-order valence-electron chi connectivity index (χ1n) is 22.3. The lowest BCUT2D eigenvalue weighted by atomic mass is 9.86. The number of rotatable bonds is 12. The van der Waals surface area contributed by atoms with Crippen LogP contribution in [0.3, 0.4) is 0 Å². The molecule has 2 unspecified atom stereocenters. The molecule has 0 bridgehead atoms. The Labute approximate surface area is 376 Å². The van der Waals surface area contributed by atoms with Gasteiger partial charge in [-0.2, -0.15) is 4.98 Å². The van der Waals surface area contributed by atoms with Gasteiger partial charge in [0.2, 0.25) is 11.9 Å². The molecule has 64 heavy (non-hydrogen) atoms. The molecule has 4 aromatic rings. The maximum absolute atomic E-state index is 13.3. The first-order chi connectivity index (χ1) is 30.8. The molecule has 0 spiro atoms. The molecular formula is C45H56ClN11O7. The van der Waals surface area contributed by atoms with E-state index in [4.69, 9.17) is 31.0 Å². The lowest BCUT2D eigenvalue weighted by Gasteiger charge is -2.49. The summed E-state index contributed by atoms with van der Waals surface area (Å²) in [7, 11) is 1.52. The molecule has 5 aliphatic rings. The third-order valence-corrected chi connectivity index (χ3v) is 13.6. The third kappa shape index (κ3) is 8.80. The molecule has 4 aliphatic heterocycles. The zero-order chi connectivity index (χ0) is 44.8. The number of aliphatic hydroxyl groups is 1. The second-order valence-electron chi connectivity index (χ2n) is 17.8. The summed E-state index contributed by atoms with van der Waals surface area (Å²) in [6.45, 7) is 10.3. The van der Waals surface area contributed by atoms with Gasteiger partial charge < -0.3 is 49.8 Å². The molecule has 1 saturated carbocycles. The number of amides is 3. The highest BCUT2D eigenvalue weighted by molar-refractivity contribution is 6.33. The summed E-state index contributed by atoms with van der Waals surface area (Å²) in [5.74, 6) is 1.33. The Kier molecular flexibility index (Phi) is 12.4. The molecular weight excluding hydrogens is 842 g/mol. The molecule has 1 aromatic carbocycles. The van der Waals surface area contributed by atoms with E-state index in [1.54, 1.807) is 21.7 Å². The predicted molar refractivity (Wildman–Crippen MR) is 241 cm³/mol. The molecule has 7 heterocycles. The topological polar surface area (TPSA) is 200 Å². The molecule has 340 valence electrons. The number of anilines is 4. The highest BCUT2D eigenvalue weighted by Gasteiger charge is 2.42. The van der Waals surface area contributed by atoms with Crippen LogP contribution in [-0.2, 0) is 20.9 Å². The van der Waals surface area contributed by atoms with Crippen LogP contribution in [0.1, 0.15) is 81.4 Å². The first kappa shape index (κ1) is 43.7. The molecule has 19 heteroatoms. The number of hydrogen-bond donors (Lipinski definition) is 4. The summed E-state index contributed by atoms with van der Waals surface area (Å²) in [5, 5.41) is 20.0. The number of pyridine rings is 2. The van der Waals surface area contributed by atoms with E-state index in [0.717, 1.165) is 80.8 Å². The standard InChI is InChI=1S/C45H56ClN11O7/c1-25(2)57-35-7-5-28(17-27(35)18-37(44(57)62)63-24-40(59)47-4)49-41-33(46)21-48-45(52-41)53-13-11-30(12-14-53)64-31-19-29(20-31)54-15-16-55(26(3)22-54)38-9-6-32-34(50-38)23-56(43(32)61)36-8-10-39(58)51-42(36)60/h5-7,9,17-18,21,25-26,29-31,36,42,60H,8,10-16,19-20,22-24H2,1-4H3,(H,47,59)(H,51,58)(H,48,49,52)/t26-,29?,31?,36?,42?/m0/s1. The Hall–Kier alpha value is -5.56. The summed E-state index contributed by atoms with van der Waals surface area (Å²) in [5.41, 5.74) is 2.43. The number of carbonyl (C=O) groups is 3. The third-order valence-electron chi connectivity index (χ3n) is 13.3. The molecule has 4 fully saturated rings. The van der Waals surface area contributed by atoms with Crippen LogP contribution in [0.2, 0.25) is 5.02 Å². The van der Waals surface area contributed by atoms with Gasteiger partial charge in [-0.15, -0.1) is 0 Å². The fraction of sp³-hybridized carbons (Fsp3) is 0.533. The maximum Gasteiger partial charge on any atom is 0.293 e. The van der Waals surface area contributed by atoms with Crippen molar-refractivity contribution in [1.29, 1.82) is 0 Å². The summed E-state index contributed by atoms with van der Waals surface area (Å²) in [6.07, 6.45) is 5.41. The molecule has 4 N–H and O–H groups in total. The first-order valence-corrected chi connectivity index (χ1v) is 22.7. The highest BCUT2D eigenvalue weighted by Crippen LogP contribution is 2.35. The number of carbonyl (C=O) groups excluding carboxylic acids is 3. The van der Waals surface area contributed by atoms with Crippen molar-refractivity contribution in [2.75, 3.05) is 61.5 Å². The average molecular weight is 898 g/mol. The Morgan fingerprint density at radius 3 is 2.53 bits per heavy atom. The Bertz CT molecular complexity index is 2490. The number of aromatic nitrogens is 4. The van der Waals surface area contributed by atoms with Crippen molar-refractivity contribution in [2.45, 2.75) is 108 Å². The van der Waals surface area contributed by atoms with E-state index in [9.17, 15) is 24.3 Å². The lowest BCUT2D eigenvalue weighted by molar-refractivity contribution is -0.129. The summed E-state index contributed by atoms with van der Waals surface area (Å²) in [6, 6.07) is 11.2. The minimum absolute atomic E-state index is 0.0933. The van der Waals surface area contributed by atoms with Crippen LogP contribution < -0.4 is 36.0 Å². The van der Waals surface area contributed by atoms with Crippen molar-refractivity contribution < 1.29 is 29.0 Å². The molecule has 3 amide bonds. The Morgan fingerprint density at radius 2 is 1.80 bits per heavy atom. The molecule has 3 atom stereocenters. The van der Waals surface area contributed by atoms with Gasteiger partial charge in [-0.25, -0.2) is 9.97 Å². The fourth-order valence-corrected chi connectivity index (χ4v) is 9.89. The zero-order valence-electron chi connectivity index (χ0n) is 36.6. The minimum Gasteiger partial charge on any atom is -0.478 e. The number of hydrogen-bond acceptors (Lipinski definition) is 14. The van der Waals surface area contributed by atoms with Crippen LogP contribution in [-0.4, -0.2) is 135 Å². The molecule has 3 saturated heterocycles. The summed E-state index contributed by atoms with van der Waals surface area (Å²) >= 11 is 6.61. The van der Waals surface area contributed by atoms with Gasteiger partial charge in [0.1, 0.15) is 17.1 Å². The quantitative estimate of drug-likeness (QED) is 0.161. The van der Waals surface area contributed by atoms with Gasteiger partial charge >= 0.3 is 0 Å². The normalized spacial score (nSPS) is 24.2. The van der Waals surface area contributed by atoms with Crippen LogP contribution in [0.25, 0.3) is 10.9 Å². The van der Waals surface area contributed by atoms with Crippen molar-refractivity contribution in [3.8, 4) is 5.75 Å². The van der Waals surface area contributed by atoms with Crippen molar-refractivity contribution in [1.82, 2.24) is 40.0 Å². The van der Waals surface area contributed by atoms with Crippen molar-refractivity contribution in [2.24, 2.45) is 0 Å². The second-order valence-corrected chi connectivity index (χ2v) is 18.2. The molecule has 18 nitrogen and oxygen atoms in total. The number of nitrogens with zero attached hydrogens (tertiary/aromatic N) is 8. The highest BCUT2D eigenvalue weighted by atomic mass is 35.5. The van der Waals surface area contributed by atoms with Crippen LogP contribution >= 0.6 is 11.6 Å². The van der Waals surface area contributed by atoms with E-state index in [-0.39, 0.29) is 66.3 Å². The van der Waals surface area contributed by atoms with E-state index in [1.165, 1.54) is 7.05 Å². The predicted octanol–water partition coefficient (Wildman–Crippen LogP) is 3.57. The summed E-state index contributed by atoms with van der Waals surface area (Å²) in [4.78, 5) is 73.1. The smallest absolute Gasteiger partial charge is 0.293 e. The SMILES string of the molecule is CNC(=O)COc1cc2cc(Nc3nc(N4CCC(OC5CC(N6CCN(c7ccc8c(n7)CN(C7CCC(=O)NC7O)C8=O)[C@@H](C)C6)C5)CC4)ncc3Cl)ccc2n(C(C)C)c1=O. The number of benzene rings is 1. The Balaban J connectivity index is 0.748. The van der Waals surface area contributed by atoms with Crippen molar-refractivity contribution >= 4 is 63.5 Å². The molecule has 3 aromatic heterocycles. The molecule has 0 radical (unpaired) electrons. The number of halogens is 1. The monoisotopic (exact) mass is 897 g/mol. The van der Waals surface area contributed by atoms with Gasteiger partial charge in [0, 0.05) is 75.4 Å². The second kappa shape index (κ2) is 18.1. The molecule has 1 aliphatic carbocycles. The van der Waals surface area contributed by atoms with E-state index in [0.29, 0.717) is 47.0 Å². The molecule has 9 rings (SSSR count). The van der Waals surface area contributed by atoms with Gasteiger partial charge in [-0.3, -0.25) is 24.1 Å². The number of nitrogens with one attached hydrogen (secondary N) is 3. The van der Waals surface area contributed by atoms with Crippen LogP contribution in [0.15, 0.2) is 47.4 Å². The van der Waals surface area contributed by atoms with Crippen LogP contribution in [0.5, 0.6) is 5.75 Å². The van der Waals surface area contributed by atoms with Gasteiger partial charge in [-0.05, 0) is 89.3 Å². The van der Waals surface area contributed by atoms with E-state index < -0.39 is 12.3 Å². The fourth-order valence-electron chi connectivity index (χ4n) is 9.75. The average Bonchev–Trinajstić information content (AvgIpc) is 3.59. The number of ether oxygens (including phenoxy) is 2. The van der Waals surface area contributed by atoms with Gasteiger partial charge in [-0.1, -0.05) is 11.6 Å². The zero-order valence-corrected chi connectivity index (χ0v) is 37.4. The van der Waals surface area contributed by atoms with Crippen molar-refractivity contribution in [3.05, 3.63) is 69.2 Å². The summed E-state index contributed by atoms with van der Waals surface area (Å²) < 4.78 is 13.9. The number of aliphatic hydroxyl groups excluding tert-OH is 1. The van der Waals surface area contributed by atoms with Gasteiger partial charge in [0.25, 0.3) is 17.4 Å². The largest absolute Gasteiger partial charge is 0.478 e. The lowest BCUT2D eigenvalue weighted by Crippen LogP contribution is -2.59. The van der Waals surface area contributed by atoms with Gasteiger partial charge in [0.15, 0.2) is 18.2 Å². The van der Waals surface area contributed by atoms with E-state index in [2.05, 4.69) is 42.6 Å². The van der Waals surface area contributed by atoms with E-state index >= 15 is 0 Å². The number of likely N-dealkylation sites (N-methyl/N-ethyl adjacent to an activating group) is 1. The number of piperazine rings is 1. The number of fused-ring (bicyclic) bond motifs is 2.